The van der Waals surface area contributed by atoms with E-state index in [4.69, 9.17) is 27.9 Å². The number of nitrogens with zero attached hydrogens (tertiary/aromatic N) is 1. The van der Waals surface area contributed by atoms with Crippen LogP contribution in [-0.4, -0.2) is 31.4 Å². The van der Waals surface area contributed by atoms with Crippen LogP contribution in [0.25, 0.3) is 0 Å². The van der Waals surface area contributed by atoms with Gasteiger partial charge in [-0.3, -0.25) is 9.79 Å². The number of hydrogen-bond acceptors (Lipinski definition) is 4. The predicted molar refractivity (Wildman–Crippen MR) is 96.4 cm³/mol. The largest absolute Gasteiger partial charge is 0.482 e. The first-order valence-corrected chi connectivity index (χ1v) is 8.14. The highest BCUT2D eigenvalue weighted by Gasteiger charge is 2.09. The van der Waals surface area contributed by atoms with Crippen LogP contribution in [-0.2, 0) is 4.79 Å². The van der Waals surface area contributed by atoms with Gasteiger partial charge in [0.25, 0.3) is 5.91 Å². The van der Waals surface area contributed by atoms with E-state index in [0.29, 0.717) is 21.5 Å². The van der Waals surface area contributed by atoms with Gasteiger partial charge in [0.05, 0.1) is 11.6 Å². The van der Waals surface area contributed by atoms with Gasteiger partial charge in [0.15, 0.2) is 6.61 Å². The van der Waals surface area contributed by atoms with Crippen molar-refractivity contribution in [3.63, 3.8) is 0 Å². The van der Waals surface area contributed by atoms with Gasteiger partial charge in [-0.1, -0.05) is 23.2 Å². The van der Waals surface area contributed by atoms with E-state index in [-0.39, 0.29) is 12.5 Å². The second-order valence-electron chi connectivity index (χ2n) is 5.15. The van der Waals surface area contributed by atoms with E-state index in [1.54, 1.807) is 18.2 Å². The Bertz CT molecular complexity index is 776. The van der Waals surface area contributed by atoms with E-state index in [9.17, 15) is 4.79 Å². The minimum atomic E-state index is -0.273. The van der Waals surface area contributed by atoms with Crippen LogP contribution in [0.3, 0.4) is 0 Å². The number of anilines is 1. The number of nitrogens with one attached hydrogen (secondary N) is 2. The zero-order valence-corrected chi connectivity index (χ0v) is 14.2. The number of amides is 1. The van der Waals surface area contributed by atoms with Crippen LogP contribution in [0.15, 0.2) is 47.5 Å². The molecule has 1 aliphatic rings. The summed E-state index contributed by atoms with van der Waals surface area (Å²) in [5.74, 6) is 1.02. The molecule has 0 saturated carbocycles. The molecule has 1 heterocycles. The SMILES string of the molecule is O=C(COc1ccc(Cl)cc1Cl)Nc1ccc(C2=NCCN2)cc1. The maximum Gasteiger partial charge on any atom is 0.262 e. The van der Waals surface area contributed by atoms with Gasteiger partial charge in [-0.25, -0.2) is 0 Å². The van der Waals surface area contributed by atoms with Crippen LogP contribution in [0.1, 0.15) is 5.56 Å². The molecule has 0 spiro atoms. The minimum absolute atomic E-state index is 0.142. The number of aliphatic imine (C=N–C) groups is 1. The smallest absolute Gasteiger partial charge is 0.262 e. The zero-order valence-electron chi connectivity index (χ0n) is 12.7. The van der Waals surface area contributed by atoms with Crippen molar-refractivity contribution in [1.29, 1.82) is 0 Å². The highest BCUT2D eigenvalue weighted by Crippen LogP contribution is 2.27. The van der Waals surface area contributed by atoms with Crippen LogP contribution in [0, 0.1) is 0 Å². The number of halogens is 2. The average Bonchev–Trinajstić information content (AvgIpc) is 3.09. The fraction of sp³-hybridized carbons (Fsp3) is 0.176. The topological polar surface area (TPSA) is 62.7 Å². The van der Waals surface area contributed by atoms with Crippen molar-refractivity contribution in [2.24, 2.45) is 4.99 Å². The lowest BCUT2D eigenvalue weighted by Gasteiger charge is -2.09. The fourth-order valence-electron chi connectivity index (χ4n) is 2.24. The number of carbonyl (C=O) groups is 1. The Morgan fingerprint density at radius 1 is 1.21 bits per heavy atom. The van der Waals surface area contributed by atoms with Crippen LogP contribution in [0.4, 0.5) is 5.69 Å². The summed E-state index contributed by atoms with van der Waals surface area (Å²) in [6.45, 7) is 1.51. The van der Waals surface area contributed by atoms with E-state index in [1.807, 2.05) is 24.3 Å². The van der Waals surface area contributed by atoms with Crippen molar-refractivity contribution in [3.8, 4) is 5.75 Å². The molecular formula is C17H15Cl2N3O2. The van der Waals surface area contributed by atoms with Crippen molar-refractivity contribution in [2.45, 2.75) is 0 Å². The van der Waals surface area contributed by atoms with E-state index >= 15 is 0 Å². The molecule has 1 amide bonds. The minimum Gasteiger partial charge on any atom is -0.482 e. The van der Waals surface area contributed by atoms with Gasteiger partial charge >= 0.3 is 0 Å². The molecule has 0 saturated heterocycles. The van der Waals surface area contributed by atoms with Crippen LogP contribution in [0.5, 0.6) is 5.75 Å². The molecule has 0 fully saturated rings. The highest BCUT2D eigenvalue weighted by molar-refractivity contribution is 6.35. The number of amidine groups is 1. The summed E-state index contributed by atoms with van der Waals surface area (Å²) >= 11 is 11.8. The lowest BCUT2D eigenvalue weighted by Crippen LogP contribution is -2.21. The molecule has 0 bridgehead atoms. The number of rotatable bonds is 5. The molecule has 2 N–H and O–H groups in total. The lowest BCUT2D eigenvalue weighted by molar-refractivity contribution is -0.118. The summed E-state index contributed by atoms with van der Waals surface area (Å²) in [7, 11) is 0. The summed E-state index contributed by atoms with van der Waals surface area (Å²) in [6.07, 6.45) is 0. The van der Waals surface area contributed by atoms with E-state index in [1.165, 1.54) is 0 Å². The van der Waals surface area contributed by atoms with Crippen molar-refractivity contribution in [2.75, 3.05) is 25.0 Å². The Balaban J connectivity index is 1.54. The van der Waals surface area contributed by atoms with Gasteiger partial charge in [0.2, 0.25) is 0 Å². The van der Waals surface area contributed by atoms with Gasteiger partial charge in [-0.2, -0.15) is 0 Å². The third-order valence-electron chi connectivity index (χ3n) is 3.37. The van der Waals surface area contributed by atoms with E-state index in [0.717, 1.165) is 24.5 Å². The average molecular weight is 364 g/mol. The lowest BCUT2D eigenvalue weighted by atomic mass is 10.2. The molecule has 0 aliphatic carbocycles. The van der Waals surface area contributed by atoms with Crippen LogP contribution >= 0.6 is 23.2 Å². The monoisotopic (exact) mass is 363 g/mol. The summed E-state index contributed by atoms with van der Waals surface area (Å²) in [5, 5.41) is 6.85. The molecule has 2 aromatic carbocycles. The Morgan fingerprint density at radius 2 is 2.00 bits per heavy atom. The van der Waals surface area contributed by atoms with Crippen molar-refractivity contribution in [3.05, 3.63) is 58.1 Å². The van der Waals surface area contributed by atoms with Gasteiger partial charge < -0.3 is 15.4 Å². The first-order valence-electron chi connectivity index (χ1n) is 7.38. The highest BCUT2D eigenvalue weighted by atomic mass is 35.5. The third kappa shape index (κ3) is 4.19. The molecule has 5 nitrogen and oxygen atoms in total. The number of ether oxygens (including phenoxy) is 1. The predicted octanol–water partition coefficient (Wildman–Crippen LogP) is 3.36. The second-order valence-corrected chi connectivity index (χ2v) is 5.99. The Hall–Kier alpha value is -2.24. The van der Waals surface area contributed by atoms with Crippen molar-refractivity contribution < 1.29 is 9.53 Å². The van der Waals surface area contributed by atoms with Crippen LogP contribution < -0.4 is 15.4 Å². The van der Waals surface area contributed by atoms with Gasteiger partial charge in [-0.05, 0) is 42.5 Å². The molecule has 3 rings (SSSR count). The first-order chi connectivity index (χ1) is 11.6. The molecule has 1 aliphatic heterocycles. The maximum absolute atomic E-state index is 12.0. The number of hydrogen-bond donors (Lipinski definition) is 2. The number of benzene rings is 2. The van der Waals surface area contributed by atoms with E-state index < -0.39 is 0 Å². The Kier molecular flexibility index (Phi) is 5.23. The quantitative estimate of drug-likeness (QED) is 0.855. The van der Waals surface area contributed by atoms with Gasteiger partial charge in [0, 0.05) is 22.8 Å². The standard InChI is InChI=1S/C17H15Cl2N3O2/c18-12-3-6-15(14(19)9-12)24-10-16(23)22-13-4-1-11(2-5-13)17-20-7-8-21-17/h1-6,9H,7-8,10H2,(H,20,21)(H,22,23). The zero-order chi connectivity index (χ0) is 16.9. The normalized spacial score (nSPS) is 13.2. The third-order valence-corrected chi connectivity index (χ3v) is 3.90. The second kappa shape index (κ2) is 7.55. The Morgan fingerprint density at radius 3 is 2.67 bits per heavy atom. The molecular weight excluding hydrogens is 349 g/mol. The van der Waals surface area contributed by atoms with Crippen molar-refractivity contribution >= 4 is 40.6 Å². The summed E-state index contributed by atoms with van der Waals surface area (Å²) in [4.78, 5) is 16.3. The molecule has 0 radical (unpaired) electrons. The van der Waals surface area contributed by atoms with Crippen LogP contribution in [0.2, 0.25) is 10.0 Å². The fourth-order valence-corrected chi connectivity index (χ4v) is 2.70. The summed E-state index contributed by atoms with van der Waals surface area (Å²) in [5.41, 5.74) is 1.68. The molecule has 124 valence electrons. The molecule has 0 unspecified atom stereocenters. The van der Waals surface area contributed by atoms with Gasteiger partial charge in [-0.15, -0.1) is 0 Å². The van der Waals surface area contributed by atoms with Crippen molar-refractivity contribution in [1.82, 2.24) is 5.32 Å². The first kappa shape index (κ1) is 16.6. The summed E-state index contributed by atoms with van der Waals surface area (Å²) < 4.78 is 5.40. The maximum atomic E-state index is 12.0. The molecule has 2 aromatic rings. The molecule has 0 aromatic heterocycles. The Labute approximate surface area is 149 Å². The van der Waals surface area contributed by atoms with E-state index in [2.05, 4.69) is 15.6 Å². The molecule has 7 heteroatoms. The summed E-state index contributed by atoms with van der Waals surface area (Å²) in [6, 6.07) is 12.3. The number of carbonyl (C=O) groups excluding carboxylic acids is 1. The molecule has 24 heavy (non-hydrogen) atoms. The molecule has 0 atom stereocenters. The van der Waals surface area contributed by atoms with Gasteiger partial charge in [0.1, 0.15) is 11.6 Å².